The molecule has 0 aromatic heterocycles. The van der Waals surface area contributed by atoms with Gasteiger partial charge in [0.1, 0.15) is 0 Å². The highest BCUT2D eigenvalue weighted by atomic mass is 15.1. The Morgan fingerprint density at radius 1 is 0.917 bits per heavy atom. The standard InChI is InChI=1S/C10H22N2/c11-7-3-1-2-4-8-12-9-5-6-10-12/h1-11H2. The molecule has 0 radical (unpaired) electrons. The van der Waals surface area contributed by atoms with Gasteiger partial charge in [-0.3, -0.25) is 0 Å². The lowest BCUT2D eigenvalue weighted by Crippen LogP contribution is -2.20. The molecule has 1 heterocycles. The molecule has 1 rings (SSSR count). The Bertz CT molecular complexity index is 98.0. The minimum Gasteiger partial charge on any atom is -0.330 e. The van der Waals surface area contributed by atoms with Crippen LogP contribution in [-0.2, 0) is 0 Å². The zero-order valence-corrected chi connectivity index (χ0v) is 8.10. The van der Waals surface area contributed by atoms with Crippen molar-refractivity contribution in [3.63, 3.8) is 0 Å². The molecule has 2 heteroatoms. The Balaban J connectivity index is 1.81. The molecule has 1 aliphatic rings. The lowest BCUT2D eigenvalue weighted by atomic mass is 10.2. The average Bonchev–Trinajstić information content (AvgIpc) is 2.57. The summed E-state index contributed by atoms with van der Waals surface area (Å²) in [4.78, 5) is 2.59. The van der Waals surface area contributed by atoms with Crippen molar-refractivity contribution in [3.05, 3.63) is 0 Å². The van der Waals surface area contributed by atoms with Gasteiger partial charge in [0, 0.05) is 0 Å². The average molecular weight is 170 g/mol. The van der Waals surface area contributed by atoms with E-state index in [9.17, 15) is 0 Å². The summed E-state index contributed by atoms with van der Waals surface area (Å²) in [7, 11) is 0. The van der Waals surface area contributed by atoms with Gasteiger partial charge in [-0.2, -0.15) is 0 Å². The van der Waals surface area contributed by atoms with E-state index in [2.05, 4.69) is 4.90 Å². The molecule has 0 aromatic carbocycles. The van der Waals surface area contributed by atoms with Gasteiger partial charge in [-0.1, -0.05) is 12.8 Å². The lowest BCUT2D eigenvalue weighted by molar-refractivity contribution is 0.328. The van der Waals surface area contributed by atoms with Crippen molar-refractivity contribution in [1.29, 1.82) is 0 Å². The van der Waals surface area contributed by atoms with Gasteiger partial charge >= 0.3 is 0 Å². The SMILES string of the molecule is NCCCCCCN1CCCC1. The molecular weight excluding hydrogens is 148 g/mol. The van der Waals surface area contributed by atoms with Crippen LogP contribution in [0.5, 0.6) is 0 Å². The fourth-order valence-corrected chi connectivity index (χ4v) is 1.84. The molecule has 1 fully saturated rings. The van der Waals surface area contributed by atoms with Crippen LogP contribution in [0.1, 0.15) is 38.5 Å². The molecule has 0 spiro atoms. The summed E-state index contributed by atoms with van der Waals surface area (Å²) < 4.78 is 0. The zero-order chi connectivity index (χ0) is 8.65. The molecule has 1 aliphatic heterocycles. The highest BCUT2D eigenvalue weighted by Gasteiger charge is 2.09. The fourth-order valence-electron chi connectivity index (χ4n) is 1.84. The van der Waals surface area contributed by atoms with Crippen molar-refractivity contribution in [3.8, 4) is 0 Å². The van der Waals surface area contributed by atoms with Crippen molar-refractivity contribution in [2.75, 3.05) is 26.2 Å². The monoisotopic (exact) mass is 170 g/mol. The van der Waals surface area contributed by atoms with Crippen LogP contribution in [0.15, 0.2) is 0 Å². The van der Waals surface area contributed by atoms with Crippen LogP contribution in [0.4, 0.5) is 0 Å². The van der Waals surface area contributed by atoms with Crippen molar-refractivity contribution in [1.82, 2.24) is 4.90 Å². The Kier molecular flexibility index (Phi) is 5.37. The second-order valence-corrected chi connectivity index (χ2v) is 3.75. The quantitative estimate of drug-likeness (QED) is 0.614. The molecule has 0 aliphatic carbocycles. The van der Waals surface area contributed by atoms with Gasteiger partial charge < -0.3 is 10.6 Å². The molecule has 0 unspecified atom stereocenters. The molecule has 0 amide bonds. The van der Waals surface area contributed by atoms with Gasteiger partial charge in [0.25, 0.3) is 0 Å². The first-order valence-electron chi connectivity index (χ1n) is 5.36. The minimum absolute atomic E-state index is 0.865. The second kappa shape index (κ2) is 6.44. The maximum absolute atomic E-state index is 5.42. The first-order chi connectivity index (χ1) is 5.93. The topological polar surface area (TPSA) is 29.3 Å². The van der Waals surface area contributed by atoms with Gasteiger partial charge in [-0.25, -0.2) is 0 Å². The van der Waals surface area contributed by atoms with Crippen molar-refractivity contribution >= 4 is 0 Å². The van der Waals surface area contributed by atoms with Gasteiger partial charge in [0.15, 0.2) is 0 Å². The third-order valence-corrected chi connectivity index (χ3v) is 2.63. The molecule has 1 saturated heterocycles. The molecule has 12 heavy (non-hydrogen) atoms. The van der Waals surface area contributed by atoms with E-state index in [1.165, 1.54) is 58.2 Å². The summed E-state index contributed by atoms with van der Waals surface area (Å²) in [5.41, 5.74) is 5.42. The third kappa shape index (κ3) is 4.07. The van der Waals surface area contributed by atoms with Crippen LogP contribution in [0.25, 0.3) is 0 Å². The predicted molar refractivity (Wildman–Crippen MR) is 53.2 cm³/mol. The summed E-state index contributed by atoms with van der Waals surface area (Å²) in [5, 5.41) is 0. The number of hydrogen-bond donors (Lipinski definition) is 1. The first-order valence-corrected chi connectivity index (χ1v) is 5.36. The Morgan fingerprint density at radius 2 is 1.58 bits per heavy atom. The summed E-state index contributed by atoms with van der Waals surface area (Å²) in [6, 6.07) is 0. The van der Waals surface area contributed by atoms with Gasteiger partial charge in [-0.05, 0) is 51.9 Å². The number of nitrogens with zero attached hydrogens (tertiary/aromatic N) is 1. The highest BCUT2D eigenvalue weighted by Crippen LogP contribution is 2.09. The molecule has 0 aromatic rings. The molecule has 0 atom stereocenters. The van der Waals surface area contributed by atoms with Crippen LogP contribution in [0, 0.1) is 0 Å². The van der Waals surface area contributed by atoms with E-state index >= 15 is 0 Å². The highest BCUT2D eigenvalue weighted by molar-refractivity contribution is 4.65. The number of hydrogen-bond acceptors (Lipinski definition) is 2. The Morgan fingerprint density at radius 3 is 2.25 bits per heavy atom. The maximum atomic E-state index is 5.42. The normalized spacial score (nSPS) is 18.8. The number of unbranched alkanes of at least 4 members (excludes halogenated alkanes) is 3. The summed E-state index contributed by atoms with van der Waals surface area (Å²) in [6.07, 6.45) is 8.11. The third-order valence-electron chi connectivity index (χ3n) is 2.63. The van der Waals surface area contributed by atoms with E-state index in [0.29, 0.717) is 0 Å². The van der Waals surface area contributed by atoms with Crippen LogP contribution in [-0.4, -0.2) is 31.1 Å². The number of rotatable bonds is 6. The van der Waals surface area contributed by atoms with E-state index in [4.69, 9.17) is 5.73 Å². The van der Waals surface area contributed by atoms with Crippen molar-refractivity contribution < 1.29 is 0 Å². The van der Waals surface area contributed by atoms with E-state index in [0.717, 1.165) is 6.54 Å². The van der Waals surface area contributed by atoms with Gasteiger partial charge in [0.05, 0.1) is 0 Å². The van der Waals surface area contributed by atoms with E-state index < -0.39 is 0 Å². The maximum Gasteiger partial charge on any atom is -0.00183 e. The van der Waals surface area contributed by atoms with Gasteiger partial charge in [0.2, 0.25) is 0 Å². The number of nitrogens with two attached hydrogens (primary N) is 1. The Labute approximate surface area is 76.1 Å². The molecule has 2 nitrogen and oxygen atoms in total. The van der Waals surface area contributed by atoms with Crippen LogP contribution >= 0.6 is 0 Å². The minimum atomic E-state index is 0.865. The predicted octanol–water partition coefficient (Wildman–Crippen LogP) is 1.60. The lowest BCUT2D eigenvalue weighted by Gasteiger charge is -2.13. The van der Waals surface area contributed by atoms with Crippen LogP contribution < -0.4 is 5.73 Å². The van der Waals surface area contributed by atoms with Crippen LogP contribution in [0.2, 0.25) is 0 Å². The van der Waals surface area contributed by atoms with Crippen molar-refractivity contribution in [2.45, 2.75) is 38.5 Å². The fraction of sp³-hybridized carbons (Fsp3) is 1.00. The smallest absolute Gasteiger partial charge is 0.00183 e. The molecular formula is C10H22N2. The molecule has 0 bridgehead atoms. The number of likely N-dealkylation sites (tertiary alicyclic amines) is 1. The molecule has 72 valence electrons. The van der Waals surface area contributed by atoms with E-state index in [1.54, 1.807) is 0 Å². The summed E-state index contributed by atoms with van der Waals surface area (Å²) in [6.45, 7) is 4.88. The van der Waals surface area contributed by atoms with E-state index in [-0.39, 0.29) is 0 Å². The molecule has 0 saturated carbocycles. The Hall–Kier alpha value is -0.0800. The zero-order valence-electron chi connectivity index (χ0n) is 8.10. The first kappa shape index (κ1) is 10.0. The second-order valence-electron chi connectivity index (χ2n) is 3.75. The summed E-state index contributed by atoms with van der Waals surface area (Å²) >= 11 is 0. The van der Waals surface area contributed by atoms with Crippen molar-refractivity contribution in [2.24, 2.45) is 5.73 Å². The van der Waals surface area contributed by atoms with Crippen LogP contribution in [0.3, 0.4) is 0 Å². The van der Waals surface area contributed by atoms with E-state index in [1.807, 2.05) is 0 Å². The van der Waals surface area contributed by atoms with Gasteiger partial charge in [-0.15, -0.1) is 0 Å². The molecule has 2 N–H and O–H groups in total. The summed E-state index contributed by atoms with van der Waals surface area (Å²) in [5.74, 6) is 0. The largest absolute Gasteiger partial charge is 0.330 e.